The second-order valence-electron chi connectivity index (χ2n) is 11.2. The van der Waals surface area contributed by atoms with Crippen molar-refractivity contribution in [2.45, 2.75) is 43.5 Å². The molecule has 11 heteroatoms. The van der Waals surface area contributed by atoms with E-state index in [1.54, 1.807) is 32.0 Å². The number of carbonyl (C=O) groups excluding carboxylic acids is 1. The summed E-state index contributed by atoms with van der Waals surface area (Å²) in [5.74, 6) is -7.34. The number of carbonyl (C=O) groups is 1. The molecule has 206 valence electrons. The number of nitrogens with zero attached hydrogens (tertiary/aromatic N) is 1. The van der Waals surface area contributed by atoms with Crippen LogP contribution in [0.15, 0.2) is 40.9 Å². The van der Waals surface area contributed by atoms with Crippen LogP contribution in [-0.2, 0) is 29.5 Å². The zero-order valence-electron chi connectivity index (χ0n) is 21.8. The van der Waals surface area contributed by atoms with Gasteiger partial charge in [0.05, 0.1) is 49.6 Å². The molecule has 2 fully saturated rings. The Morgan fingerprint density at radius 3 is 2.24 bits per heavy atom. The van der Waals surface area contributed by atoms with Crippen LogP contribution >= 0.6 is 0 Å². The lowest BCUT2D eigenvalue weighted by atomic mass is 9.49. The van der Waals surface area contributed by atoms with E-state index in [1.165, 1.54) is 6.07 Å². The molecule has 6 rings (SSSR count). The van der Waals surface area contributed by atoms with E-state index in [4.69, 9.17) is 24.7 Å². The summed E-state index contributed by atoms with van der Waals surface area (Å²) in [7, 11) is 3.42. The molecule has 2 aliphatic heterocycles. The van der Waals surface area contributed by atoms with E-state index in [2.05, 4.69) is 0 Å². The first-order valence-electron chi connectivity index (χ1n) is 12.9. The minimum Gasteiger partial charge on any atom is -0.511 e. The highest BCUT2D eigenvalue weighted by atomic mass is 16.7. The Balaban J connectivity index is 1.74. The topological polar surface area (TPSA) is 164 Å². The van der Waals surface area contributed by atoms with Crippen LogP contribution in [0.5, 0.6) is 5.75 Å². The predicted octanol–water partition coefficient (Wildman–Crippen LogP) is 1.12. The van der Waals surface area contributed by atoms with Crippen molar-refractivity contribution in [1.29, 1.82) is 0 Å². The van der Waals surface area contributed by atoms with Gasteiger partial charge in [0.2, 0.25) is 11.6 Å². The maximum Gasteiger partial charge on any atom is 0.253 e. The standard InChI is InChI=1S/C27H34N2O9/c1-12-13-6-5-7-14(30)16(13)26(35-8-9-36-26)17-15(12)21(31)18-20(29(3)4)22(32)19(24(28)34)27(37-10-11-38-27)25(18,2)23(17)33/h5-7,12,15,18,20-21,30-33H,8-11H2,1-4H3,(H2,28,34)/t12-,15+,18+,20-,21-,25+/m0/s1. The van der Waals surface area contributed by atoms with Gasteiger partial charge in [-0.25, -0.2) is 0 Å². The number of ether oxygens (including phenoxy) is 4. The molecule has 6 N–H and O–H groups in total. The second kappa shape index (κ2) is 8.17. The van der Waals surface area contributed by atoms with Crippen molar-refractivity contribution >= 4 is 5.91 Å². The lowest BCUT2D eigenvalue weighted by Crippen LogP contribution is -2.70. The SMILES string of the molecule is C[C@H]1c2cccc(O)c2C2(OCCO2)C2=C(O)[C@@]3(C)[C@@H]([C@@H](O)[C@@H]21)[C@H](N(C)C)C(O)=C(C(N)=O)C31OCCO1. The van der Waals surface area contributed by atoms with E-state index < -0.39 is 46.9 Å². The summed E-state index contributed by atoms with van der Waals surface area (Å²) < 4.78 is 24.6. The molecule has 2 spiro atoms. The van der Waals surface area contributed by atoms with E-state index in [1.807, 2.05) is 13.0 Å². The first kappa shape index (κ1) is 25.6. The number of benzene rings is 1. The number of phenols is 1. The van der Waals surface area contributed by atoms with E-state index >= 15 is 0 Å². The zero-order chi connectivity index (χ0) is 27.4. The molecule has 3 aliphatic carbocycles. The van der Waals surface area contributed by atoms with Gasteiger partial charge in [0.25, 0.3) is 5.91 Å². The number of aromatic hydroxyl groups is 1. The van der Waals surface area contributed by atoms with Gasteiger partial charge < -0.3 is 45.1 Å². The summed E-state index contributed by atoms with van der Waals surface area (Å²) >= 11 is 0. The molecular formula is C27H34N2O9. The second-order valence-corrected chi connectivity index (χ2v) is 11.2. The molecule has 0 aromatic heterocycles. The Hall–Kier alpha value is -2.67. The fraction of sp³-hybridized carbons (Fsp3) is 0.593. The first-order valence-corrected chi connectivity index (χ1v) is 12.9. The summed E-state index contributed by atoms with van der Waals surface area (Å²) in [6.07, 6.45) is -1.20. The Morgan fingerprint density at radius 2 is 1.66 bits per heavy atom. The monoisotopic (exact) mass is 530 g/mol. The Labute approximate surface area is 220 Å². The molecule has 1 aromatic carbocycles. The molecule has 1 aromatic rings. The smallest absolute Gasteiger partial charge is 0.253 e. The number of likely N-dealkylation sites (N-methyl/N-ethyl adjacent to an activating group) is 1. The third kappa shape index (κ3) is 2.76. The number of fused-ring (bicyclic) bond motifs is 6. The molecule has 6 atom stereocenters. The third-order valence-electron chi connectivity index (χ3n) is 9.35. The van der Waals surface area contributed by atoms with Crippen molar-refractivity contribution in [3.63, 3.8) is 0 Å². The van der Waals surface area contributed by atoms with Crippen LogP contribution in [0.2, 0.25) is 0 Å². The number of rotatable bonds is 2. The highest BCUT2D eigenvalue weighted by Crippen LogP contribution is 2.68. The quantitative estimate of drug-likeness (QED) is 0.374. The number of aliphatic hydroxyl groups is 3. The van der Waals surface area contributed by atoms with Crippen LogP contribution in [-0.4, -0.2) is 89.7 Å². The minimum atomic E-state index is -1.98. The number of hydrogen-bond donors (Lipinski definition) is 5. The largest absolute Gasteiger partial charge is 0.511 e. The lowest BCUT2D eigenvalue weighted by molar-refractivity contribution is -0.261. The summed E-state index contributed by atoms with van der Waals surface area (Å²) in [5, 5.41) is 47.3. The van der Waals surface area contributed by atoms with Crippen molar-refractivity contribution in [1.82, 2.24) is 4.90 Å². The molecule has 0 radical (unpaired) electrons. The molecule has 5 aliphatic rings. The normalized spacial score (nSPS) is 37.1. The van der Waals surface area contributed by atoms with E-state index in [0.717, 1.165) is 0 Å². The van der Waals surface area contributed by atoms with Gasteiger partial charge >= 0.3 is 0 Å². The van der Waals surface area contributed by atoms with Crippen molar-refractivity contribution in [3.8, 4) is 5.75 Å². The molecule has 0 saturated carbocycles. The number of aliphatic hydroxyl groups excluding tert-OH is 3. The number of amides is 1. The molecule has 11 nitrogen and oxygen atoms in total. The van der Waals surface area contributed by atoms with Gasteiger partial charge in [0.1, 0.15) is 22.8 Å². The fourth-order valence-electron chi connectivity index (χ4n) is 7.92. The minimum absolute atomic E-state index is 0.0648. The van der Waals surface area contributed by atoms with Gasteiger partial charge in [0, 0.05) is 17.4 Å². The first-order chi connectivity index (χ1) is 18.0. The van der Waals surface area contributed by atoms with E-state index in [0.29, 0.717) is 11.1 Å². The van der Waals surface area contributed by atoms with Gasteiger partial charge in [-0.1, -0.05) is 19.1 Å². The van der Waals surface area contributed by atoms with Crippen LogP contribution in [0.3, 0.4) is 0 Å². The Morgan fingerprint density at radius 1 is 1.05 bits per heavy atom. The molecular weight excluding hydrogens is 496 g/mol. The van der Waals surface area contributed by atoms with Crippen LogP contribution in [0.1, 0.15) is 30.9 Å². The van der Waals surface area contributed by atoms with Gasteiger partial charge in [0.15, 0.2) is 0 Å². The van der Waals surface area contributed by atoms with Crippen LogP contribution in [0.25, 0.3) is 0 Å². The highest BCUT2D eigenvalue weighted by molar-refractivity contribution is 5.95. The number of primary amides is 1. The van der Waals surface area contributed by atoms with Crippen LogP contribution in [0, 0.1) is 17.3 Å². The molecule has 1 amide bonds. The van der Waals surface area contributed by atoms with E-state index in [-0.39, 0.29) is 60.8 Å². The molecule has 38 heavy (non-hydrogen) atoms. The molecule has 0 bridgehead atoms. The van der Waals surface area contributed by atoms with Crippen molar-refractivity contribution in [2.24, 2.45) is 23.0 Å². The fourth-order valence-corrected chi connectivity index (χ4v) is 7.92. The van der Waals surface area contributed by atoms with E-state index in [9.17, 15) is 25.2 Å². The number of nitrogens with two attached hydrogens (primary N) is 1. The number of phenolic OH excluding ortho intramolecular Hbond substituents is 1. The van der Waals surface area contributed by atoms with Gasteiger partial charge in [-0.05, 0) is 38.6 Å². The van der Waals surface area contributed by atoms with Crippen LogP contribution in [0.4, 0.5) is 0 Å². The summed E-state index contributed by atoms with van der Waals surface area (Å²) in [6.45, 7) is 4.06. The lowest BCUT2D eigenvalue weighted by Gasteiger charge is -2.62. The van der Waals surface area contributed by atoms with Crippen LogP contribution < -0.4 is 5.73 Å². The van der Waals surface area contributed by atoms with Crippen molar-refractivity contribution < 1.29 is 44.2 Å². The highest BCUT2D eigenvalue weighted by Gasteiger charge is 2.75. The van der Waals surface area contributed by atoms with Gasteiger partial charge in [-0.15, -0.1) is 0 Å². The summed E-state index contributed by atoms with van der Waals surface area (Å²) in [4.78, 5) is 14.6. The Kier molecular flexibility index (Phi) is 5.50. The maximum atomic E-state index is 12.9. The maximum absolute atomic E-state index is 12.9. The third-order valence-corrected chi connectivity index (χ3v) is 9.35. The summed E-state index contributed by atoms with van der Waals surface area (Å²) in [6, 6.07) is 4.17. The predicted molar refractivity (Wildman–Crippen MR) is 132 cm³/mol. The number of hydrogen-bond acceptors (Lipinski definition) is 10. The molecule has 0 unspecified atom stereocenters. The van der Waals surface area contributed by atoms with Gasteiger partial charge in [-0.2, -0.15) is 0 Å². The average Bonchev–Trinajstić information content (AvgIpc) is 3.53. The Bertz CT molecular complexity index is 1260. The van der Waals surface area contributed by atoms with Gasteiger partial charge in [-0.3, -0.25) is 9.69 Å². The zero-order valence-corrected chi connectivity index (χ0v) is 21.8. The summed E-state index contributed by atoms with van der Waals surface area (Å²) in [5.41, 5.74) is 5.21. The molecule has 2 saturated heterocycles. The molecule has 2 heterocycles. The average molecular weight is 531 g/mol. The van der Waals surface area contributed by atoms with Crippen molar-refractivity contribution in [2.75, 3.05) is 40.5 Å². The van der Waals surface area contributed by atoms with Crippen molar-refractivity contribution in [3.05, 3.63) is 52.0 Å².